The summed E-state index contributed by atoms with van der Waals surface area (Å²) in [6.07, 6.45) is 4.77. The molecular weight excluding hydrogens is 304 g/mol. The van der Waals surface area contributed by atoms with Gasteiger partial charge in [0.15, 0.2) is 5.96 Å². The maximum absolute atomic E-state index is 12.0. The number of guanidine groups is 1. The van der Waals surface area contributed by atoms with Gasteiger partial charge in [0.25, 0.3) is 0 Å². The first-order valence-electron chi connectivity index (χ1n) is 8.46. The van der Waals surface area contributed by atoms with Crippen LogP contribution >= 0.6 is 0 Å². The van der Waals surface area contributed by atoms with Gasteiger partial charge in [-0.15, -0.1) is 0 Å². The van der Waals surface area contributed by atoms with Crippen LogP contribution in [0.3, 0.4) is 0 Å². The van der Waals surface area contributed by atoms with Gasteiger partial charge in [0.05, 0.1) is 6.54 Å². The van der Waals surface area contributed by atoms with Gasteiger partial charge in [0, 0.05) is 33.0 Å². The third kappa shape index (κ3) is 5.53. The van der Waals surface area contributed by atoms with E-state index < -0.39 is 0 Å². The minimum Gasteiger partial charge on any atom is -0.385 e. The fourth-order valence-electron chi connectivity index (χ4n) is 2.89. The molecule has 0 unspecified atom stereocenters. The van der Waals surface area contributed by atoms with Gasteiger partial charge < -0.3 is 20.7 Å². The molecule has 0 saturated heterocycles. The first kappa shape index (κ1) is 18.3. The Bertz CT molecular complexity index is 541. The molecule has 132 valence electrons. The highest BCUT2D eigenvalue weighted by molar-refractivity contribution is 5.94. The molecule has 1 aromatic carbocycles. The number of ether oxygens (including phenoxy) is 1. The predicted molar refractivity (Wildman–Crippen MR) is 97.2 cm³/mol. The summed E-state index contributed by atoms with van der Waals surface area (Å²) in [7, 11) is 3.46. The Balaban J connectivity index is 1.73. The zero-order valence-electron chi connectivity index (χ0n) is 14.6. The Labute approximate surface area is 144 Å². The van der Waals surface area contributed by atoms with E-state index in [0.29, 0.717) is 11.4 Å². The first-order chi connectivity index (χ1) is 11.7. The summed E-state index contributed by atoms with van der Waals surface area (Å²) < 4.78 is 5.22. The molecule has 1 saturated carbocycles. The molecule has 1 aromatic rings. The Hall–Kier alpha value is -2.08. The third-order valence-corrected chi connectivity index (χ3v) is 4.58. The van der Waals surface area contributed by atoms with E-state index in [1.54, 1.807) is 14.2 Å². The van der Waals surface area contributed by atoms with Crippen molar-refractivity contribution in [1.82, 2.24) is 10.6 Å². The summed E-state index contributed by atoms with van der Waals surface area (Å²) in [6.45, 7) is 1.82. The summed E-state index contributed by atoms with van der Waals surface area (Å²) in [5, 5.41) is 9.25. The van der Waals surface area contributed by atoms with Crippen LogP contribution in [0.1, 0.15) is 25.7 Å². The molecular formula is C18H28N4O2. The van der Waals surface area contributed by atoms with Crippen LogP contribution in [0.5, 0.6) is 0 Å². The van der Waals surface area contributed by atoms with Crippen LogP contribution in [0.25, 0.3) is 0 Å². The molecule has 1 aliphatic carbocycles. The van der Waals surface area contributed by atoms with Gasteiger partial charge >= 0.3 is 0 Å². The van der Waals surface area contributed by atoms with Crippen LogP contribution in [0, 0.1) is 5.41 Å². The monoisotopic (exact) mass is 332 g/mol. The van der Waals surface area contributed by atoms with E-state index in [1.807, 2.05) is 30.3 Å². The summed E-state index contributed by atoms with van der Waals surface area (Å²) in [6, 6.07) is 9.42. The zero-order valence-corrected chi connectivity index (χ0v) is 14.6. The summed E-state index contributed by atoms with van der Waals surface area (Å²) >= 11 is 0. The highest BCUT2D eigenvalue weighted by atomic mass is 16.5. The van der Waals surface area contributed by atoms with Crippen molar-refractivity contribution < 1.29 is 9.53 Å². The zero-order chi connectivity index (χ0) is 17.3. The molecule has 6 nitrogen and oxygen atoms in total. The van der Waals surface area contributed by atoms with Gasteiger partial charge in [-0.25, -0.2) is 0 Å². The molecule has 0 radical (unpaired) electrons. The van der Waals surface area contributed by atoms with Crippen molar-refractivity contribution in [3.8, 4) is 0 Å². The second-order valence-electron chi connectivity index (χ2n) is 6.29. The summed E-state index contributed by atoms with van der Waals surface area (Å²) in [4.78, 5) is 16.2. The van der Waals surface area contributed by atoms with Gasteiger partial charge in [-0.3, -0.25) is 9.79 Å². The number of anilines is 1. The Morgan fingerprint density at radius 1 is 1.25 bits per heavy atom. The molecule has 0 aromatic heterocycles. The van der Waals surface area contributed by atoms with Crippen LogP contribution in [-0.4, -0.2) is 45.7 Å². The van der Waals surface area contributed by atoms with E-state index in [-0.39, 0.29) is 12.5 Å². The number of nitrogens with one attached hydrogen (secondary N) is 3. The highest BCUT2D eigenvalue weighted by Gasteiger charge is 2.36. The summed E-state index contributed by atoms with van der Waals surface area (Å²) in [5.74, 6) is 0.559. The number of aliphatic imine (C=N–C) groups is 1. The smallest absolute Gasteiger partial charge is 0.243 e. The first-order valence-corrected chi connectivity index (χ1v) is 8.46. The van der Waals surface area contributed by atoms with Crippen molar-refractivity contribution in [2.45, 2.75) is 25.7 Å². The molecule has 0 spiro atoms. The molecule has 0 atom stereocenters. The molecule has 0 heterocycles. The van der Waals surface area contributed by atoms with Gasteiger partial charge in [0.2, 0.25) is 5.91 Å². The van der Waals surface area contributed by atoms with Gasteiger partial charge in [-0.05, 0) is 36.8 Å². The van der Waals surface area contributed by atoms with Crippen molar-refractivity contribution in [2.24, 2.45) is 10.4 Å². The minimum atomic E-state index is -0.0955. The number of hydrogen-bond acceptors (Lipinski definition) is 3. The van der Waals surface area contributed by atoms with Gasteiger partial charge in [-0.2, -0.15) is 0 Å². The molecule has 0 bridgehead atoms. The van der Waals surface area contributed by atoms with Crippen LogP contribution < -0.4 is 16.0 Å². The van der Waals surface area contributed by atoms with E-state index in [1.165, 1.54) is 19.3 Å². The van der Waals surface area contributed by atoms with Gasteiger partial charge in [-0.1, -0.05) is 24.6 Å². The lowest BCUT2D eigenvalue weighted by Crippen LogP contribution is -2.48. The second-order valence-corrected chi connectivity index (χ2v) is 6.29. The van der Waals surface area contributed by atoms with Crippen molar-refractivity contribution in [1.29, 1.82) is 0 Å². The molecule has 3 N–H and O–H groups in total. The average Bonchev–Trinajstić information content (AvgIpc) is 2.57. The quantitative estimate of drug-likeness (QED) is 0.503. The number of para-hydroxylation sites is 1. The second kappa shape index (κ2) is 9.27. The maximum atomic E-state index is 12.0. The molecule has 1 fully saturated rings. The normalized spacial score (nSPS) is 16.2. The Morgan fingerprint density at radius 2 is 2.00 bits per heavy atom. The average molecular weight is 332 g/mol. The van der Waals surface area contributed by atoms with Crippen molar-refractivity contribution in [2.75, 3.05) is 39.2 Å². The molecule has 2 rings (SSSR count). The van der Waals surface area contributed by atoms with E-state index in [4.69, 9.17) is 4.74 Å². The standard InChI is InChI=1S/C18H28N4O2/c1-19-17(21-14-18(9-6-10-18)11-12-24-2)20-13-16(23)22-15-7-4-3-5-8-15/h3-5,7-8H,6,9-14H2,1-2H3,(H,22,23)(H2,19,20,21). The van der Waals surface area contributed by atoms with Gasteiger partial charge in [0.1, 0.15) is 0 Å². The molecule has 0 aliphatic heterocycles. The lowest BCUT2D eigenvalue weighted by molar-refractivity contribution is -0.115. The molecule has 6 heteroatoms. The van der Waals surface area contributed by atoms with Crippen molar-refractivity contribution >= 4 is 17.6 Å². The number of benzene rings is 1. The van der Waals surface area contributed by atoms with Crippen LogP contribution in [-0.2, 0) is 9.53 Å². The fraction of sp³-hybridized carbons (Fsp3) is 0.556. The molecule has 1 aliphatic rings. The lowest BCUT2D eigenvalue weighted by Gasteiger charge is -2.42. The third-order valence-electron chi connectivity index (χ3n) is 4.58. The number of hydrogen-bond donors (Lipinski definition) is 3. The number of rotatable bonds is 8. The topological polar surface area (TPSA) is 74.8 Å². The molecule has 24 heavy (non-hydrogen) atoms. The number of carbonyl (C=O) groups is 1. The van der Waals surface area contributed by atoms with E-state index in [0.717, 1.165) is 25.3 Å². The van der Waals surface area contributed by atoms with E-state index in [9.17, 15) is 4.79 Å². The maximum Gasteiger partial charge on any atom is 0.243 e. The largest absolute Gasteiger partial charge is 0.385 e. The minimum absolute atomic E-state index is 0.0955. The molecule has 1 amide bonds. The Kier molecular flexibility index (Phi) is 7.06. The number of nitrogens with zero attached hydrogens (tertiary/aromatic N) is 1. The van der Waals surface area contributed by atoms with Crippen LogP contribution in [0.15, 0.2) is 35.3 Å². The van der Waals surface area contributed by atoms with Crippen LogP contribution in [0.2, 0.25) is 0 Å². The number of carbonyl (C=O) groups excluding carboxylic acids is 1. The van der Waals surface area contributed by atoms with E-state index in [2.05, 4.69) is 20.9 Å². The fourth-order valence-corrected chi connectivity index (χ4v) is 2.89. The van der Waals surface area contributed by atoms with Crippen molar-refractivity contribution in [3.63, 3.8) is 0 Å². The van der Waals surface area contributed by atoms with Crippen LogP contribution in [0.4, 0.5) is 5.69 Å². The number of amides is 1. The van der Waals surface area contributed by atoms with E-state index >= 15 is 0 Å². The Morgan fingerprint density at radius 3 is 2.58 bits per heavy atom. The van der Waals surface area contributed by atoms with Crippen molar-refractivity contribution in [3.05, 3.63) is 30.3 Å². The highest BCUT2D eigenvalue weighted by Crippen LogP contribution is 2.43. The SMILES string of the molecule is CN=C(NCC(=O)Nc1ccccc1)NCC1(CCOC)CCC1. The predicted octanol–water partition coefficient (Wildman–Crippen LogP) is 2.00. The lowest BCUT2D eigenvalue weighted by atomic mass is 9.67. The number of methoxy groups -OCH3 is 1. The summed E-state index contributed by atoms with van der Waals surface area (Å²) in [5.41, 5.74) is 1.10.